The standard InChI is InChI=1S/C12H12N2O2/c1-9-11(16-2)8-13-14(12(9)15)10-6-4-3-5-7-10/h3-8H,1-2H3. The van der Waals surface area contributed by atoms with E-state index in [4.69, 9.17) is 4.74 Å². The molecule has 1 heterocycles. The fourth-order valence-corrected chi connectivity index (χ4v) is 1.48. The van der Waals surface area contributed by atoms with Crippen molar-refractivity contribution in [2.45, 2.75) is 6.92 Å². The molecule has 0 amide bonds. The highest BCUT2D eigenvalue weighted by molar-refractivity contribution is 5.34. The van der Waals surface area contributed by atoms with Crippen molar-refractivity contribution in [2.75, 3.05) is 7.11 Å². The quantitative estimate of drug-likeness (QED) is 0.765. The summed E-state index contributed by atoms with van der Waals surface area (Å²) in [6.45, 7) is 1.72. The van der Waals surface area contributed by atoms with Crippen LogP contribution in [0.5, 0.6) is 5.75 Å². The first-order chi connectivity index (χ1) is 7.74. The summed E-state index contributed by atoms with van der Waals surface area (Å²) in [5, 5.41) is 4.06. The second-order valence-corrected chi connectivity index (χ2v) is 3.39. The van der Waals surface area contributed by atoms with Crippen molar-refractivity contribution in [3.63, 3.8) is 0 Å². The van der Waals surface area contributed by atoms with Crippen LogP contribution in [0.4, 0.5) is 0 Å². The Bertz CT molecular complexity index is 547. The van der Waals surface area contributed by atoms with Gasteiger partial charge >= 0.3 is 0 Å². The lowest BCUT2D eigenvalue weighted by atomic mass is 10.3. The summed E-state index contributed by atoms with van der Waals surface area (Å²) in [7, 11) is 1.52. The van der Waals surface area contributed by atoms with Gasteiger partial charge in [0.05, 0.1) is 24.6 Å². The van der Waals surface area contributed by atoms with Gasteiger partial charge in [-0.3, -0.25) is 4.79 Å². The molecule has 0 aliphatic carbocycles. The molecular formula is C12H12N2O2. The molecule has 1 aromatic heterocycles. The summed E-state index contributed by atoms with van der Waals surface area (Å²) in [5.74, 6) is 0.511. The number of rotatable bonds is 2. The van der Waals surface area contributed by atoms with Gasteiger partial charge in [0.1, 0.15) is 5.75 Å². The van der Waals surface area contributed by atoms with E-state index in [1.807, 2.05) is 30.3 Å². The molecular weight excluding hydrogens is 204 g/mol. The first kappa shape index (κ1) is 10.4. The van der Waals surface area contributed by atoms with Gasteiger partial charge < -0.3 is 4.74 Å². The summed E-state index contributed by atoms with van der Waals surface area (Å²) in [6, 6.07) is 9.29. The summed E-state index contributed by atoms with van der Waals surface area (Å²) >= 11 is 0. The van der Waals surface area contributed by atoms with Crippen LogP contribution in [0.3, 0.4) is 0 Å². The van der Waals surface area contributed by atoms with Gasteiger partial charge in [-0.2, -0.15) is 9.78 Å². The zero-order chi connectivity index (χ0) is 11.5. The van der Waals surface area contributed by atoms with Gasteiger partial charge in [0.2, 0.25) is 0 Å². The number of methoxy groups -OCH3 is 1. The Balaban J connectivity index is 2.61. The van der Waals surface area contributed by atoms with Crippen LogP contribution in [-0.2, 0) is 0 Å². The largest absolute Gasteiger partial charge is 0.495 e. The molecule has 1 aromatic carbocycles. The number of hydrogen-bond donors (Lipinski definition) is 0. The van der Waals surface area contributed by atoms with Crippen LogP contribution < -0.4 is 10.3 Å². The maximum atomic E-state index is 12.0. The Hall–Kier alpha value is -2.10. The van der Waals surface area contributed by atoms with Crippen molar-refractivity contribution in [1.29, 1.82) is 0 Å². The minimum absolute atomic E-state index is 0.162. The number of hydrogen-bond acceptors (Lipinski definition) is 3. The van der Waals surface area contributed by atoms with E-state index in [1.54, 1.807) is 13.1 Å². The van der Waals surface area contributed by atoms with Gasteiger partial charge in [-0.1, -0.05) is 18.2 Å². The molecule has 0 saturated heterocycles. The Morgan fingerprint density at radius 1 is 1.25 bits per heavy atom. The molecule has 0 aliphatic heterocycles. The van der Waals surface area contributed by atoms with Crippen LogP contribution in [-0.4, -0.2) is 16.9 Å². The Kier molecular flexibility index (Phi) is 2.72. The number of aromatic nitrogens is 2. The average Bonchev–Trinajstić information content (AvgIpc) is 2.34. The minimum Gasteiger partial charge on any atom is -0.495 e. The van der Waals surface area contributed by atoms with Crippen molar-refractivity contribution in [3.8, 4) is 11.4 Å². The zero-order valence-corrected chi connectivity index (χ0v) is 9.18. The van der Waals surface area contributed by atoms with Crippen molar-refractivity contribution < 1.29 is 4.74 Å². The molecule has 0 radical (unpaired) electrons. The topological polar surface area (TPSA) is 44.1 Å². The molecule has 0 aliphatic rings. The highest BCUT2D eigenvalue weighted by Crippen LogP contribution is 2.11. The molecule has 0 N–H and O–H groups in total. The van der Waals surface area contributed by atoms with Crippen LogP contribution in [0.25, 0.3) is 5.69 Å². The molecule has 16 heavy (non-hydrogen) atoms. The number of para-hydroxylation sites is 1. The van der Waals surface area contributed by atoms with E-state index in [0.29, 0.717) is 11.3 Å². The van der Waals surface area contributed by atoms with Crippen LogP contribution in [0.15, 0.2) is 41.3 Å². The van der Waals surface area contributed by atoms with Crippen LogP contribution in [0.1, 0.15) is 5.56 Å². The van der Waals surface area contributed by atoms with Crippen molar-refractivity contribution >= 4 is 0 Å². The van der Waals surface area contributed by atoms with E-state index in [2.05, 4.69) is 5.10 Å². The molecule has 0 unspecified atom stereocenters. The summed E-state index contributed by atoms with van der Waals surface area (Å²) < 4.78 is 6.40. The lowest BCUT2D eigenvalue weighted by molar-refractivity contribution is 0.405. The average molecular weight is 216 g/mol. The SMILES string of the molecule is COc1cnn(-c2ccccc2)c(=O)c1C. The minimum atomic E-state index is -0.162. The normalized spacial score (nSPS) is 10.1. The molecule has 0 spiro atoms. The van der Waals surface area contributed by atoms with Crippen molar-refractivity contribution in [1.82, 2.24) is 9.78 Å². The third-order valence-electron chi connectivity index (χ3n) is 2.39. The van der Waals surface area contributed by atoms with Crippen LogP contribution in [0, 0.1) is 6.92 Å². The first-order valence-electron chi connectivity index (χ1n) is 4.92. The molecule has 2 rings (SSSR count). The van der Waals surface area contributed by atoms with Gasteiger partial charge in [-0.05, 0) is 19.1 Å². The Morgan fingerprint density at radius 2 is 1.94 bits per heavy atom. The lowest BCUT2D eigenvalue weighted by Crippen LogP contribution is -2.23. The van der Waals surface area contributed by atoms with Gasteiger partial charge in [-0.15, -0.1) is 0 Å². The Labute approximate surface area is 93.1 Å². The third-order valence-corrected chi connectivity index (χ3v) is 2.39. The second-order valence-electron chi connectivity index (χ2n) is 3.39. The highest BCUT2D eigenvalue weighted by atomic mass is 16.5. The van der Waals surface area contributed by atoms with E-state index >= 15 is 0 Å². The van der Waals surface area contributed by atoms with Crippen molar-refractivity contribution in [3.05, 3.63) is 52.4 Å². The molecule has 82 valence electrons. The van der Waals surface area contributed by atoms with E-state index < -0.39 is 0 Å². The van der Waals surface area contributed by atoms with E-state index in [9.17, 15) is 4.79 Å². The molecule has 0 atom stereocenters. The molecule has 2 aromatic rings. The summed E-state index contributed by atoms with van der Waals surface area (Å²) in [4.78, 5) is 12.0. The summed E-state index contributed by atoms with van der Waals surface area (Å²) in [6.07, 6.45) is 1.55. The number of benzene rings is 1. The first-order valence-corrected chi connectivity index (χ1v) is 4.92. The number of ether oxygens (including phenoxy) is 1. The highest BCUT2D eigenvalue weighted by Gasteiger charge is 2.07. The number of nitrogens with zero attached hydrogens (tertiary/aromatic N) is 2. The van der Waals surface area contributed by atoms with Crippen LogP contribution >= 0.6 is 0 Å². The maximum Gasteiger partial charge on any atom is 0.278 e. The fraction of sp³-hybridized carbons (Fsp3) is 0.167. The predicted octanol–water partition coefficient (Wildman–Crippen LogP) is 1.55. The van der Waals surface area contributed by atoms with Crippen molar-refractivity contribution in [2.24, 2.45) is 0 Å². The smallest absolute Gasteiger partial charge is 0.278 e. The molecule has 0 fully saturated rings. The van der Waals surface area contributed by atoms with Crippen LogP contribution in [0.2, 0.25) is 0 Å². The molecule has 4 heteroatoms. The van der Waals surface area contributed by atoms with Gasteiger partial charge in [-0.25, -0.2) is 0 Å². The van der Waals surface area contributed by atoms with Gasteiger partial charge in [0, 0.05) is 0 Å². The van der Waals surface area contributed by atoms with Gasteiger partial charge in [0.15, 0.2) is 0 Å². The predicted molar refractivity (Wildman–Crippen MR) is 61.1 cm³/mol. The molecule has 0 bridgehead atoms. The Morgan fingerprint density at radius 3 is 2.56 bits per heavy atom. The zero-order valence-electron chi connectivity index (χ0n) is 9.18. The molecule has 0 saturated carbocycles. The lowest BCUT2D eigenvalue weighted by Gasteiger charge is -2.07. The van der Waals surface area contributed by atoms with E-state index in [1.165, 1.54) is 11.8 Å². The maximum absolute atomic E-state index is 12.0. The van der Waals surface area contributed by atoms with Gasteiger partial charge in [0.25, 0.3) is 5.56 Å². The monoisotopic (exact) mass is 216 g/mol. The molecule has 4 nitrogen and oxygen atoms in total. The second kappa shape index (κ2) is 4.18. The fourth-order valence-electron chi connectivity index (χ4n) is 1.48. The third kappa shape index (κ3) is 1.69. The summed E-state index contributed by atoms with van der Waals surface area (Å²) in [5.41, 5.74) is 1.14. The van der Waals surface area contributed by atoms with E-state index in [0.717, 1.165) is 5.69 Å². The van der Waals surface area contributed by atoms with E-state index in [-0.39, 0.29) is 5.56 Å².